The van der Waals surface area contributed by atoms with E-state index in [1.54, 1.807) is 0 Å². The molecule has 0 aromatic heterocycles. The molecule has 0 amide bonds. The Morgan fingerprint density at radius 2 is 1.73 bits per heavy atom. The Morgan fingerprint density at radius 1 is 1.13 bits per heavy atom. The van der Waals surface area contributed by atoms with Crippen molar-refractivity contribution in [3.05, 3.63) is 0 Å². The molecule has 0 fully saturated rings. The van der Waals surface area contributed by atoms with Crippen LogP contribution in [0.2, 0.25) is 0 Å². The molecule has 0 heterocycles. The van der Waals surface area contributed by atoms with E-state index in [2.05, 4.69) is 46.7 Å². The Labute approximate surface area is 97.2 Å². The van der Waals surface area contributed by atoms with Gasteiger partial charge in [0.05, 0.1) is 0 Å². The van der Waals surface area contributed by atoms with Crippen LogP contribution in [0.15, 0.2) is 0 Å². The van der Waals surface area contributed by atoms with Crippen molar-refractivity contribution in [1.82, 2.24) is 4.90 Å². The minimum absolute atomic E-state index is 0.397. The lowest BCUT2D eigenvalue weighted by atomic mass is 9.82. The summed E-state index contributed by atoms with van der Waals surface area (Å²) in [7, 11) is 4.44. The van der Waals surface area contributed by atoms with E-state index < -0.39 is 0 Å². The first-order valence-electron chi connectivity index (χ1n) is 6.67. The second-order valence-corrected chi connectivity index (χ2v) is 5.37. The van der Waals surface area contributed by atoms with Gasteiger partial charge >= 0.3 is 0 Å². The molecule has 2 atom stereocenters. The lowest BCUT2D eigenvalue weighted by molar-refractivity contribution is 0.124. The van der Waals surface area contributed by atoms with Gasteiger partial charge in [0.15, 0.2) is 0 Å². The van der Waals surface area contributed by atoms with E-state index in [4.69, 9.17) is 0 Å². The number of hydrogen-bond acceptors (Lipinski definition) is 1. The molecule has 0 aliphatic carbocycles. The highest BCUT2D eigenvalue weighted by Crippen LogP contribution is 2.29. The minimum atomic E-state index is 0.397. The van der Waals surface area contributed by atoms with E-state index >= 15 is 0 Å². The van der Waals surface area contributed by atoms with Gasteiger partial charge in [-0.05, 0) is 39.8 Å². The zero-order chi connectivity index (χ0) is 11.9. The van der Waals surface area contributed by atoms with E-state index in [1.165, 1.54) is 38.5 Å². The van der Waals surface area contributed by atoms with Crippen LogP contribution in [0.4, 0.5) is 0 Å². The Kier molecular flexibility index (Phi) is 7.25. The van der Waals surface area contributed by atoms with Crippen LogP contribution in [0.25, 0.3) is 0 Å². The van der Waals surface area contributed by atoms with E-state index in [1.807, 2.05) is 0 Å². The molecule has 0 bridgehead atoms. The van der Waals surface area contributed by atoms with Crippen LogP contribution < -0.4 is 0 Å². The van der Waals surface area contributed by atoms with Crippen molar-refractivity contribution in [2.45, 2.75) is 71.8 Å². The first-order valence-corrected chi connectivity index (χ1v) is 6.67. The van der Waals surface area contributed by atoms with Gasteiger partial charge in [-0.3, -0.25) is 0 Å². The summed E-state index contributed by atoms with van der Waals surface area (Å²) in [6.45, 7) is 9.35. The standard InChI is InChI=1S/C14H31N/c1-7-10-11-13(8-2)12-14(4,9-3)15(5)6/h13H,7-12H2,1-6H3. The van der Waals surface area contributed by atoms with Crippen LogP contribution in [-0.2, 0) is 0 Å². The van der Waals surface area contributed by atoms with E-state index in [0.717, 1.165) is 5.92 Å². The molecule has 0 saturated carbocycles. The molecule has 92 valence electrons. The third kappa shape index (κ3) is 5.01. The summed E-state index contributed by atoms with van der Waals surface area (Å²) < 4.78 is 0. The summed E-state index contributed by atoms with van der Waals surface area (Å²) in [5.41, 5.74) is 0.397. The maximum atomic E-state index is 2.40. The average molecular weight is 213 g/mol. The smallest absolute Gasteiger partial charge is 0.0175 e. The van der Waals surface area contributed by atoms with Crippen LogP contribution >= 0.6 is 0 Å². The summed E-state index contributed by atoms with van der Waals surface area (Å²) in [6.07, 6.45) is 8.09. The minimum Gasteiger partial charge on any atom is -0.304 e. The predicted octanol–water partition coefficient (Wildman–Crippen LogP) is 4.32. The fourth-order valence-electron chi connectivity index (χ4n) is 2.21. The average Bonchev–Trinajstić information content (AvgIpc) is 2.23. The van der Waals surface area contributed by atoms with Gasteiger partial charge in [0.2, 0.25) is 0 Å². The molecule has 2 unspecified atom stereocenters. The van der Waals surface area contributed by atoms with Crippen LogP contribution in [0.3, 0.4) is 0 Å². The second-order valence-electron chi connectivity index (χ2n) is 5.37. The SMILES string of the molecule is CCCCC(CC)CC(C)(CC)N(C)C. The summed E-state index contributed by atoms with van der Waals surface area (Å²) in [5.74, 6) is 0.914. The van der Waals surface area contributed by atoms with Crippen LogP contribution in [-0.4, -0.2) is 24.5 Å². The van der Waals surface area contributed by atoms with Crippen molar-refractivity contribution in [3.8, 4) is 0 Å². The highest BCUT2D eigenvalue weighted by Gasteiger charge is 2.27. The fourth-order valence-corrected chi connectivity index (χ4v) is 2.21. The molecule has 0 radical (unpaired) electrons. The highest BCUT2D eigenvalue weighted by molar-refractivity contribution is 4.83. The van der Waals surface area contributed by atoms with Gasteiger partial charge in [-0.2, -0.15) is 0 Å². The molecule has 1 heteroatoms. The van der Waals surface area contributed by atoms with Gasteiger partial charge in [0, 0.05) is 5.54 Å². The quantitative estimate of drug-likeness (QED) is 0.580. The molecule has 0 rings (SSSR count). The Morgan fingerprint density at radius 3 is 2.07 bits per heavy atom. The molecule has 15 heavy (non-hydrogen) atoms. The summed E-state index contributed by atoms with van der Waals surface area (Å²) >= 11 is 0. The molecular weight excluding hydrogens is 182 g/mol. The van der Waals surface area contributed by atoms with Crippen molar-refractivity contribution in [1.29, 1.82) is 0 Å². The summed E-state index contributed by atoms with van der Waals surface area (Å²) in [5, 5.41) is 0. The van der Waals surface area contributed by atoms with Gasteiger partial charge in [-0.15, -0.1) is 0 Å². The van der Waals surface area contributed by atoms with Crippen molar-refractivity contribution < 1.29 is 0 Å². The van der Waals surface area contributed by atoms with E-state index in [-0.39, 0.29) is 0 Å². The van der Waals surface area contributed by atoms with Crippen molar-refractivity contribution in [2.24, 2.45) is 5.92 Å². The lowest BCUT2D eigenvalue weighted by Crippen LogP contribution is -2.42. The molecule has 0 aliphatic heterocycles. The van der Waals surface area contributed by atoms with E-state index in [9.17, 15) is 0 Å². The van der Waals surface area contributed by atoms with Gasteiger partial charge in [0.1, 0.15) is 0 Å². The van der Waals surface area contributed by atoms with Crippen molar-refractivity contribution in [2.75, 3.05) is 14.1 Å². The normalized spacial score (nSPS) is 17.8. The monoisotopic (exact) mass is 213 g/mol. The fraction of sp³-hybridized carbons (Fsp3) is 1.00. The number of nitrogens with zero attached hydrogens (tertiary/aromatic N) is 1. The zero-order valence-corrected chi connectivity index (χ0v) is 11.8. The van der Waals surface area contributed by atoms with Crippen molar-refractivity contribution >= 4 is 0 Å². The third-order valence-electron chi connectivity index (χ3n) is 4.11. The molecule has 0 spiro atoms. The third-order valence-corrected chi connectivity index (χ3v) is 4.11. The molecule has 0 aromatic rings. The topological polar surface area (TPSA) is 3.24 Å². The number of hydrogen-bond donors (Lipinski definition) is 0. The Bertz CT molecular complexity index is 153. The van der Waals surface area contributed by atoms with E-state index in [0.29, 0.717) is 5.54 Å². The van der Waals surface area contributed by atoms with Gasteiger partial charge in [-0.25, -0.2) is 0 Å². The molecule has 0 saturated heterocycles. The molecule has 1 nitrogen and oxygen atoms in total. The molecule has 0 aliphatic rings. The lowest BCUT2D eigenvalue weighted by Gasteiger charge is -2.38. The summed E-state index contributed by atoms with van der Waals surface area (Å²) in [6, 6.07) is 0. The molecule has 0 aromatic carbocycles. The van der Waals surface area contributed by atoms with Crippen LogP contribution in [0.1, 0.15) is 66.2 Å². The molecule has 0 N–H and O–H groups in total. The van der Waals surface area contributed by atoms with Crippen LogP contribution in [0, 0.1) is 5.92 Å². The predicted molar refractivity (Wildman–Crippen MR) is 70.3 cm³/mol. The highest BCUT2D eigenvalue weighted by atomic mass is 15.1. The second kappa shape index (κ2) is 7.27. The largest absolute Gasteiger partial charge is 0.304 e. The molecular formula is C14H31N. The van der Waals surface area contributed by atoms with Gasteiger partial charge < -0.3 is 4.90 Å². The van der Waals surface area contributed by atoms with Crippen molar-refractivity contribution in [3.63, 3.8) is 0 Å². The number of rotatable bonds is 8. The van der Waals surface area contributed by atoms with Gasteiger partial charge in [0.25, 0.3) is 0 Å². The number of unbranched alkanes of at least 4 members (excludes halogenated alkanes) is 1. The van der Waals surface area contributed by atoms with Crippen LogP contribution in [0.5, 0.6) is 0 Å². The van der Waals surface area contributed by atoms with Gasteiger partial charge in [-0.1, -0.05) is 46.5 Å². The summed E-state index contributed by atoms with van der Waals surface area (Å²) in [4.78, 5) is 2.40. The Balaban J connectivity index is 4.23. The maximum Gasteiger partial charge on any atom is 0.0175 e. The first-order chi connectivity index (χ1) is 7.00. The first kappa shape index (κ1) is 15.0. The Hall–Kier alpha value is -0.0400. The maximum absolute atomic E-state index is 2.40. The zero-order valence-electron chi connectivity index (χ0n) is 11.8.